The Labute approximate surface area is 77.8 Å². The molecule has 3 heteroatoms. The number of aromatic nitrogens is 1. The topological polar surface area (TPSA) is 38.9 Å². The minimum absolute atomic E-state index is 0.581. The molecule has 2 N–H and O–H groups in total. The molecule has 0 aliphatic rings. The molecular weight excluding hydrogens is 168 g/mol. The summed E-state index contributed by atoms with van der Waals surface area (Å²) in [5.41, 5.74) is 6.68. The Kier molecular flexibility index (Phi) is 3.69. The van der Waals surface area contributed by atoms with E-state index < -0.39 is 0 Å². The smallest absolute Gasteiger partial charge is 0.107 e. The normalized spacial score (nSPS) is 10.6. The van der Waals surface area contributed by atoms with Crippen molar-refractivity contribution in [1.29, 1.82) is 0 Å². The number of hydrogen-bond donors (Lipinski definition) is 1. The van der Waals surface area contributed by atoms with Gasteiger partial charge in [-0.2, -0.15) is 0 Å². The Hall–Kier alpha value is -0.410. The third-order valence-electron chi connectivity index (χ3n) is 1.87. The Bertz CT molecular complexity index is 243. The summed E-state index contributed by atoms with van der Waals surface area (Å²) in [6.45, 7) is 4.86. The molecule has 0 radical (unpaired) electrons. The highest BCUT2D eigenvalue weighted by Crippen LogP contribution is 2.19. The zero-order valence-electron chi connectivity index (χ0n) is 7.76. The first-order valence-corrected chi connectivity index (χ1v) is 5.24. The van der Waals surface area contributed by atoms with Crippen LogP contribution in [0.3, 0.4) is 0 Å². The van der Waals surface area contributed by atoms with Crippen molar-refractivity contribution in [1.82, 2.24) is 4.98 Å². The van der Waals surface area contributed by atoms with Gasteiger partial charge in [-0.05, 0) is 19.8 Å². The number of nitrogens with zero attached hydrogens (tertiary/aromatic N) is 1. The molecule has 0 aliphatic carbocycles. The van der Waals surface area contributed by atoms with Crippen molar-refractivity contribution in [3.05, 3.63) is 15.6 Å². The molecule has 1 aromatic rings. The summed E-state index contributed by atoms with van der Waals surface area (Å²) in [5.74, 6) is 0. The summed E-state index contributed by atoms with van der Waals surface area (Å²) in [6.07, 6.45) is 3.67. The molecular formula is C9H16N2S. The fourth-order valence-electron chi connectivity index (χ4n) is 1.14. The molecule has 0 unspecified atom stereocenters. The van der Waals surface area contributed by atoms with Crippen LogP contribution in [0.15, 0.2) is 0 Å². The highest BCUT2D eigenvalue weighted by atomic mass is 32.1. The van der Waals surface area contributed by atoms with Crippen LogP contribution in [0.1, 0.15) is 35.3 Å². The van der Waals surface area contributed by atoms with Crippen molar-refractivity contribution in [2.75, 3.05) is 0 Å². The van der Waals surface area contributed by atoms with Crippen LogP contribution in [0.2, 0.25) is 0 Å². The molecule has 0 atom stereocenters. The maximum Gasteiger partial charge on any atom is 0.107 e. The Morgan fingerprint density at radius 3 is 2.75 bits per heavy atom. The zero-order chi connectivity index (χ0) is 8.97. The highest BCUT2D eigenvalue weighted by molar-refractivity contribution is 7.11. The standard InChI is InChI=1S/C9H16N2S/c1-3-4-5-8-7(2)11-9(6-10)12-8/h3-6,10H2,1-2H3. The van der Waals surface area contributed by atoms with Gasteiger partial charge in [-0.15, -0.1) is 11.3 Å². The van der Waals surface area contributed by atoms with E-state index in [0.717, 1.165) is 5.01 Å². The largest absolute Gasteiger partial charge is 0.325 e. The molecule has 0 amide bonds. The van der Waals surface area contributed by atoms with Gasteiger partial charge in [-0.25, -0.2) is 4.98 Å². The van der Waals surface area contributed by atoms with Gasteiger partial charge in [0.2, 0.25) is 0 Å². The lowest BCUT2D eigenvalue weighted by atomic mass is 10.2. The van der Waals surface area contributed by atoms with Crippen molar-refractivity contribution >= 4 is 11.3 Å². The van der Waals surface area contributed by atoms with Crippen LogP contribution >= 0.6 is 11.3 Å². The number of hydrogen-bond acceptors (Lipinski definition) is 3. The summed E-state index contributed by atoms with van der Waals surface area (Å²) in [4.78, 5) is 5.79. The Morgan fingerprint density at radius 2 is 2.25 bits per heavy atom. The minimum atomic E-state index is 0.581. The molecule has 1 aromatic heterocycles. The van der Waals surface area contributed by atoms with Gasteiger partial charge < -0.3 is 5.73 Å². The van der Waals surface area contributed by atoms with Crippen molar-refractivity contribution in [3.8, 4) is 0 Å². The van der Waals surface area contributed by atoms with Crippen LogP contribution in [-0.2, 0) is 13.0 Å². The van der Waals surface area contributed by atoms with Crippen LogP contribution in [0.5, 0.6) is 0 Å². The highest BCUT2D eigenvalue weighted by Gasteiger charge is 2.04. The predicted molar refractivity (Wildman–Crippen MR) is 53.4 cm³/mol. The predicted octanol–water partition coefficient (Wildman–Crippen LogP) is 2.25. The number of unbranched alkanes of at least 4 members (excludes halogenated alkanes) is 1. The second-order valence-corrected chi connectivity index (χ2v) is 4.09. The molecule has 0 spiro atoms. The van der Waals surface area contributed by atoms with Gasteiger partial charge >= 0.3 is 0 Å². The molecule has 12 heavy (non-hydrogen) atoms. The molecule has 0 saturated carbocycles. The average Bonchev–Trinajstić information content (AvgIpc) is 2.43. The van der Waals surface area contributed by atoms with E-state index in [-0.39, 0.29) is 0 Å². The molecule has 1 heterocycles. The monoisotopic (exact) mass is 184 g/mol. The summed E-state index contributed by atoms with van der Waals surface area (Å²) >= 11 is 1.76. The SMILES string of the molecule is CCCCc1sc(CN)nc1C. The fraction of sp³-hybridized carbons (Fsp3) is 0.667. The van der Waals surface area contributed by atoms with E-state index in [0.29, 0.717) is 6.54 Å². The molecule has 0 fully saturated rings. The Morgan fingerprint density at radius 1 is 1.50 bits per heavy atom. The maximum atomic E-state index is 5.51. The molecule has 0 saturated heterocycles. The van der Waals surface area contributed by atoms with Crippen LogP contribution in [0.25, 0.3) is 0 Å². The van der Waals surface area contributed by atoms with Gasteiger partial charge in [-0.1, -0.05) is 13.3 Å². The van der Waals surface area contributed by atoms with E-state index >= 15 is 0 Å². The third-order valence-corrected chi connectivity index (χ3v) is 3.11. The van der Waals surface area contributed by atoms with Crippen LogP contribution in [0, 0.1) is 6.92 Å². The lowest BCUT2D eigenvalue weighted by molar-refractivity contribution is 0.798. The molecule has 1 rings (SSSR count). The first-order chi connectivity index (χ1) is 5.77. The first-order valence-electron chi connectivity index (χ1n) is 4.43. The molecule has 0 aromatic carbocycles. The number of rotatable bonds is 4. The molecule has 0 aliphatic heterocycles. The van der Waals surface area contributed by atoms with Gasteiger partial charge in [0.15, 0.2) is 0 Å². The van der Waals surface area contributed by atoms with Gasteiger partial charge in [0.25, 0.3) is 0 Å². The summed E-state index contributed by atoms with van der Waals surface area (Å²) in [6, 6.07) is 0. The van der Waals surface area contributed by atoms with E-state index in [9.17, 15) is 0 Å². The van der Waals surface area contributed by atoms with Gasteiger partial charge in [0.1, 0.15) is 5.01 Å². The van der Waals surface area contributed by atoms with E-state index in [4.69, 9.17) is 5.73 Å². The van der Waals surface area contributed by atoms with Gasteiger partial charge in [0.05, 0.1) is 5.69 Å². The van der Waals surface area contributed by atoms with E-state index in [1.807, 2.05) is 0 Å². The zero-order valence-corrected chi connectivity index (χ0v) is 8.58. The van der Waals surface area contributed by atoms with Crippen molar-refractivity contribution in [2.45, 2.75) is 39.7 Å². The number of thiazole rings is 1. The minimum Gasteiger partial charge on any atom is -0.325 e. The first kappa shape index (κ1) is 9.68. The molecule has 2 nitrogen and oxygen atoms in total. The maximum absolute atomic E-state index is 5.51. The second-order valence-electron chi connectivity index (χ2n) is 2.92. The molecule has 0 bridgehead atoms. The number of nitrogens with two attached hydrogens (primary N) is 1. The summed E-state index contributed by atoms with van der Waals surface area (Å²) in [7, 11) is 0. The van der Waals surface area contributed by atoms with Crippen molar-refractivity contribution in [2.24, 2.45) is 5.73 Å². The second kappa shape index (κ2) is 4.58. The average molecular weight is 184 g/mol. The molecule has 68 valence electrons. The van der Waals surface area contributed by atoms with Gasteiger partial charge in [0, 0.05) is 11.4 Å². The lowest BCUT2D eigenvalue weighted by Gasteiger charge is -1.93. The summed E-state index contributed by atoms with van der Waals surface area (Å²) in [5, 5.41) is 1.07. The van der Waals surface area contributed by atoms with Crippen molar-refractivity contribution < 1.29 is 0 Å². The van der Waals surface area contributed by atoms with Crippen LogP contribution in [0.4, 0.5) is 0 Å². The van der Waals surface area contributed by atoms with E-state index in [1.165, 1.54) is 29.8 Å². The quantitative estimate of drug-likeness (QED) is 0.779. The summed E-state index contributed by atoms with van der Waals surface area (Å²) < 4.78 is 0. The van der Waals surface area contributed by atoms with E-state index in [2.05, 4.69) is 18.8 Å². The van der Waals surface area contributed by atoms with Gasteiger partial charge in [-0.3, -0.25) is 0 Å². The van der Waals surface area contributed by atoms with E-state index in [1.54, 1.807) is 11.3 Å². The fourth-order valence-corrected chi connectivity index (χ4v) is 2.13. The van der Waals surface area contributed by atoms with Crippen molar-refractivity contribution in [3.63, 3.8) is 0 Å². The third kappa shape index (κ3) is 2.29. The number of aryl methyl sites for hydroxylation is 2. The van der Waals surface area contributed by atoms with Crippen LogP contribution in [-0.4, -0.2) is 4.98 Å². The van der Waals surface area contributed by atoms with Crippen LogP contribution < -0.4 is 5.73 Å². The lowest BCUT2D eigenvalue weighted by Crippen LogP contribution is -1.94. The Balaban J connectivity index is 2.64.